The summed E-state index contributed by atoms with van der Waals surface area (Å²) in [5.74, 6) is 0.508. The molecule has 0 fully saturated rings. The van der Waals surface area contributed by atoms with Gasteiger partial charge in [0.05, 0.1) is 23.7 Å². The van der Waals surface area contributed by atoms with Crippen molar-refractivity contribution >= 4 is 15.7 Å². The molecule has 0 saturated heterocycles. The van der Waals surface area contributed by atoms with Crippen molar-refractivity contribution in [3.63, 3.8) is 0 Å². The molecule has 0 amide bonds. The van der Waals surface area contributed by atoms with Crippen molar-refractivity contribution in [2.24, 2.45) is 0 Å². The van der Waals surface area contributed by atoms with E-state index in [1.807, 2.05) is 0 Å². The quantitative estimate of drug-likeness (QED) is 0.776. The minimum absolute atomic E-state index is 0.159. The zero-order valence-electron chi connectivity index (χ0n) is 8.92. The molecular weight excluding hydrogens is 216 g/mol. The van der Waals surface area contributed by atoms with Gasteiger partial charge in [0.15, 0.2) is 15.7 Å². The van der Waals surface area contributed by atoms with E-state index in [1.54, 1.807) is 13.8 Å². The molecule has 1 aromatic rings. The second-order valence-electron chi connectivity index (χ2n) is 3.63. The lowest BCUT2D eigenvalue weighted by atomic mass is 10.5. The van der Waals surface area contributed by atoms with Gasteiger partial charge in [-0.3, -0.25) is 0 Å². The molecule has 0 bridgehead atoms. The molecule has 0 aromatic carbocycles. The molecule has 0 aliphatic rings. The van der Waals surface area contributed by atoms with E-state index in [-0.39, 0.29) is 11.0 Å². The van der Waals surface area contributed by atoms with Gasteiger partial charge in [0.1, 0.15) is 0 Å². The zero-order chi connectivity index (χ0) is 11.5. The summed E-state index contributed by atoms with van der Waals surface area (Å²) in [4.78, 5) is 1.41. The SMILES string of the molecule is CC(C)S(=O)(=O)CCCn1ncc(N)n1. The molecular formula is C8H16N4O2S. The van der Waals surface area contributed by atoms with Crippen molar-refractivity contribution in [3.05, 3.63) is 6.20 Å². The number of anilines is 1. The van der Waals surface area contributed by atoms with Crippen LogP contribution < -0.4 is 5.73 Å². The molecule has 0 radical (unpaired) electrons. The third-order valence-electron chi connectivity index (χ3n) is 2.06. The average Bonchev–Trinajstić information content (AvgIpc) is 2.51. The maximum atomic E-state index is 11.5. The van der Waals surface area contributed by atoms with Gasteiger partial charge in [-0.15, -0.1) is 5.10 Å². The first-order valence-electron chi connectivity index (χ1n) is 4.79. The number of rotatable bonds is 5. The summed E-state index contributed by atoms with van der Waals surface area (Å²) in [6.45, 7) is 3.84. The lowest BCUT2D eigenvalue weighted by Gasteiger charge is -2.06. The first-order valence-corrected chi connectivity index (χ1v) is 6.50. The van der Waals surface area contributed by atoms with E-state index >= 15 is 0 Å². The molecule has 1 aromatic heterocycles. The number of hydrogen-bond donors (Lipinski definition) is 1. The fourth-order valence-electron chi connectivity index (χ4n) is 1.06. The summed E-state index contributed by atoms with van der Waals surface area (Å²) in [5, 5.41) is 7.40. The van der Waals surface area contributed by atoms with Gasteiger partial charge in [0.2, 0.25) is 0 Å². The van der Waals surface area contributed by atoms with Crippen LogP contribution in [0.2, 0.25) is 0 Å². The number of aromatic nitrogens is 3. The summed E-state index contributed by atoms with van der Waals surface area (Å²) in [5.41, 5.74) is 5.37. The molecule has 0 aliphatic heterocycles. The Morgan fingerprint density at radius 3 is 2.67 bits per heavy atom. The monoisotopic (exact) mass is 232 g/mol. The maximum Gasteiger partial charge on any atom is 0.165 e. The third-order valence-corrected chi connectivity index (χ3v) is 4.35. The minimum atomic E-state index is -2.96. The van der Waals surface area contributed by atoms with E-state index in [4.69, 9.17) is 5.73 Å². The molecule has 0 saturated carbocycles. The van der Waals surface area contributed by atoms with E-state index < -0.39 is 9.84 Å². The van der Waals surface area contributed by atoms with Crippen molar-refractivity contribution in [2.45, 2.75) is 32.1 Å². The molecule has 15 heavy (non-hydrogen) atoms. The van der Waals surface area contributed by atoms with Crippen LogP contribution in [0.1, 0.15) is 20.3 Å². The van der Waals surface area contributed by atoms with Crippen LogP contribution >= 0.6 is 0 Å². The number of nitrogens with zero attached hydrogens (tertiary/aromatic N) is 3. The Kier molecular flexibility index (Phi) is 3.67. The fraction of sp³-hybridized carbons (Fsp3) is 0.750. The molecule has 0 unspecified atom stereocenters. The largest absolute Gasteiger partial charge is 0.381 e. The van der Waals surface area contributed by atoms with E-state index in [2.05, 4.69) is 10.2 Å². The van der Waals surface area contributed by atoms with Crippen LogP contribution in [-0.2, 0) is 16.4 Å². The number of hydrogen-bond acceptors (Lipinski definition) is 5. The number of nitrogens with two attached hydrogens (primary N) is 1. The van der Waals surface area contributed by atoms with Gasteiger partial charge < -0.3 is 5.73 Å². The lowest BCUT2D eigenvalue weighted by molar-refractivity contribution is 0.523. The van der Waals surface area contributed by atoms with Gasteiger partial charge in [-0.1, -0.05) is 0 Å². The van der Waals surface area contributed by atoms with Crippen molar-refractivity contribution in [1.82, 2.24) is 15.0 Å². The highest BCUT2D eigenvalue weighted by Crippen LogP contribution is 2.03. The molecule has 0 spiro atoms. The van der Waals surface area contributed by atoms with Gasteiger partial charge in [-0.05, 0) is 20.3 Å². The molecule has 1 rings (SSSR count). The highest BCUT2D eigenvalue weighted by atomic mass is 32.2. The predicted molar refractivity (Wildman–Crippen MR) is 58.0 cm³/mol. The number of aryl methyl sites for hydroxylation is 1. The molecule has 0 aliphatic carbocycles. The van der Waals surface area contributed by atoms with Crippen LogP contribution in [0.4, 0.5) is 5.82 Å². The topological polar surface area (TPSA) is 90.9 Å². The highest BCUT2D eigenvalue weighted by Gasteiger charge is 2.15. The van der Waals surface area contributed by atoms with Gasteiger partial charge in [-0.25, -0.2) is 8.42 Å². The third kappa shape index (κ3) is 3.50. The first kappa shape index (κ1) is 12.0. The van der Waals surface area contributed by atoms with E-state index in [0.29, 0.717) is 18.8 Å². The lowest BCUT2D eigenvalue weighted by Crippen LogP contribution is -2.19. The Balaban J connectivity index is 2.40. The van der Waals surface area contributed by atoms with Gasteiger partial charge >= 0.3 is 0 Å². The second-order valence-corrected chi connectivity index (χ2v) is 6.31. The van der Waals surface area contributed by atoms with Crippen LogP contribution in [0.5, 0.6) is 0 Å². The zero-order valence-corrected chi connectivity index (χ0v) is 9.74. The van der Waals surface area contributed by atoms with Crippen LogP contribution in [0.25, 0.3) is 0 Å². The van der Waals surface area contributed by atoms with Crippen molar-refractivity contribution in [2.75, 3.05) is 11.5 Å². The minimum Gasteiger partial charge on any atom is -0.381 e. The van der Waals surface area contributed by atoms with Crippen LogP contribution in [0.3, 0.4) is 0 Å². The molecule has 0 atom stereocenters. The summed E-state index contributed by atoms with van der Waals surface area (Å²) >= 11 is 0. The second kappa shape index (κ2) is 4.61. The molecule has 6 nitrogen and oxygen atoms in total. The summed E-state index contributed by atoms with van der Waals surface area (Å²) < 4.78 is 22.9. The predicted octanol–water partition coefficient (Wildman–Crippen LogP) is 0.0736. The Morgan fingerprint density at radius 1 is 1.53 bits per heavy atom. The Morgan fingerprint density at radius 2 is 2.20 bits per heavy atom. The van der Waals surface area contributed by atoms with E-state index in [1.165, 1.54) is 11.0 Å². The van der Waals surface area contributed by atoms with Crippen molar-refractivity contribution in [1.29, 1.82) is 0 Å². The highest BCUT2D eigenvalue weighted by molar-refractivity contribution is 7.91. The molecule has 1 heterocycles. The Bertz CT molecular complexity index is 410. The summed E-state index contributed by atoms with van der Waals surface area (Å²) in [6, 6.07) is 0. The average molecular weight is 232 g/mol. The van der Waals surface area contributed by atoms with Crippen molar-refractivity contribution < 1.29 is 8.42 Å². The normalized spacial score (nSPS) is 12.2. The van der Waals surface area contributed by atoms with Gasteiger partial charge in [0.25, 0.3) is 0 Å². The van der Waals surface area contributed by atoms with Crippen LogP contribution in [-0.4, -0.2) is 34.4 Å². The van der Waals surface area contributed by atoms with E-state index in [0.717, 1.165) is 0 Å². The Labute approximate surface area is 89.4 Å². The molecule has 2 N–H and O–H groups in total. The molecule has 7 heteroatoms. The Hall–Kier alpha value is -1.11. The van der Waals surface area contributed by atoms with Gasteiger partial charge in [0, 0.05) is 0 Å². The van der Waals surface area contributed by atoms with Crippen LogP contribution in [0, 0.1) is 0 Å². The number of sulfone groups is 1. The molecule has 86 valence electrons. The fourth-order valence-corrected chi connectivity index (χ4v) is 2.06. The standard InChI is InChI=1S/C8H16N4O2S/c1-7(2)15(13,14)5-3-4-12-10-6-8(9)11-12/h6-7H,3-5H2,1-2H3,(H2,9,11). The van der Waals surface area contributed by atoms with Gasteiger partial charge in [-0.2, -0.15) is 9.90 Å². The number of nitrogen functional groups attached to an aromatic ring is 1. The van der Waals surface area contributed by atoms with Crippen LogP contribution in [0.15, 0.2) is 6.20 Å². The smallest absolute Gasteiger partial charge is 0.165 e. The maximum absolute atomic E-state index is 11.5. The van der Waals surface area contributed by atoms with E-state index in [9.17, 15) is 8.42 Å². The van der Waals surface area contributed by atoms with Crippen molar-refractivity contribution in [3.8, 4) is 0 Å². The first-order chi connectivity index (χ1) is 6.92. The summed E-state index contributed by atoms with van der Waals surface area (Å²) in [7, 11) is -2.96. The summed E-state index contributed by atoms with van der Waals surface area (Å²) in [6.07, 6.45) is 1.95.